The number of nitrogens with zero attached hydrogens (tertiary/aromatic N) is 1. The second-order valence-electron chi connectivity index (χ2n) is 4.98. The third kappa shape index (κ3) is 2.97. The van der Waals surface area contributed by atoms with Crippen molar-refractivity contribution in [1.29, 1.82) is 0 Å². The molecule has 96 valence electrons. The molecule has 17 heavy (non-hydrogen) atoms. The van der Waals surface area contributed by atoms with E-state index in [-0.39, 0.29) is 5.91 Å². The van der Waals surface area contributed by atoms with Crippen LogP contribution in [0.3, 0.4) is 0 Å². The lowest BCUT2D eigenvalue weighted by atomic mass is 10.1. The average Bonchev–Trinajstić information content (AvgIpc) is 2.83. The summed E-state index contributed by atoms with van der Waals surface area (Å²) in [6.45, 7) is 1.80. The van der Waals surface area contributed by atoms with E-state index in [9.17, 15) is 9.59 Å². The largest absolute Gasteiger partial charge is 0.370 e. The van der Waals surface area contributed by atoms with Gasteiger partial charge in [0.25, 0.3) is 0 Å². The number of nitrogens with two attached hydrogens (primary N) is 1. The Balaban J connectivity index is 1.66. The fourth-order valence-corrected chi connectivity index (χ4v) is 2.88. The molecule has 5 heteroatoms. The number of hydrogen-bond donors (Lipinski definition) is 2. The van der Waals surface area contributed by atoms with Crippen LogP contribution < -0.4 is 11.1 Å². The number of amides is 2. The van der Waals surface area contributed by atoms with Crippen LogP contribution in [-0.2, 0) is 9.59 Å². The van der Waals surface area contributed by atoms with E-state index in [2.05, 4.69) is 5.32 Å². The maximum atomic E-state index is 11.7. The SMILES string of the molecule is NC(=O)CCCCNC1CC(=O)N2CCCC12. The molecule has 2 aliphatic rings. The van der Waals surface area contributed by atoms with E-state index in [0.717, 1.165) is 38.8 Å². The van der Waals surface area contributed by atoms with Crippen molar-refractivity contribution >= 4 is 11.8 Å². The zero-order chi connectivity index (χ0) is 12.3. The summed E-state index contributed by atoms with van der Waals surface area (Å²) in [6.07, 6.45) is 5.14. The summed E-state index contributed by atoms with van der Waals surface area (Å²) < 4.78 is 0. The van der Waals surface area contributed by atoms with Gasteiger partial charge in [0.15, 0.2) is 0 Å². The Morgan fingerprint density at radius 1 is 1.47 bits per heavy atom. The molecule has 0 aromatic carbocycles. The molecular weight excluding hydrogens is 218 g/mol. The molecule has 5 nitrogen and oxygen atoms in total. The Labute approximate surface area is 102 Å². The maximum Gasteiger partial charge on any atom is 0.224 e. The summed E-state index contributed by atoms with van der Waals surface area (Å²) in [7, 11) is 0. The summed E-state index contributed by atoms with van der Waals surface area (Å²) in [6, 6.07) is 0.734. The number of unbranched alkanes of at least 4 members (excludes halogenated alkanes) is 1. The summed E-state index contributed by atoms with van der Waals surface area (Å²) in [5.74, 6) is 0.0603. The van der Waals surface area contributed by atoms with E-state index in [1.807, 2.05) is 4.90 Å². The third-order valence-corrected chi connectivity index (χ3v) is 3.74. The van der Waals surface area contributed by atoms with Crippen LogP contribution in [0.5, 0.6) is 0 Å². The monoisotopic (exact) mass is 239 g/mol. The first-order valence-corrected chi connectivity index (χ1v) is 6.49. The highest BCUT2D eigenvalue weighted by Gasteiger charge is 2.41. The van der Waals surface area contributed by atoms with Gasteiger partial charge in [-0.05, 0) is 32.2 Å². The highest BCUT2D eigenvalue weighted by atomic mass is 16.2. The van der Waals surface area contributed by atoms with E-state index in [4.69, 9.17) is 5.73 Å². The molecule has 2 atom stereocenters. The van der Waals surface area contributed by atoms with Gasteiger partial charge in [0, 0.05) is 31.5 Å². The van der Waals surface area contributed by atoms with Crippen LogP contribution in [0.1, 0.15) is 38.5 Å². The molecule has 0 radical (unpaired) electrons. The second kappa shape index (κ2) is 5.49. The molecule has 0 saturated carbocycles. The number of hydrogen-bond acceptors (Lipinski definition) is 3. The Bertz CT molecular complexity index is 306. The van der Waals surface area contributed by atoms with Crippen LogP contribution in [0.25, 0.3) is 0 Å². The van der Waals surface area contributed by atoms with Gasteiger partial charge in [0.05, 0.1) is 0 Å². The predicted octanol–water partition coefficient (Wildman–Crippen LogP) is -0.00510. The van der Waals surface area contributed by atoms with Crippen molar-refractivity contribution in [3.05, 3.63) is 0 Å². The molecule has 2 heterocycles. The van der Waals surface area contributed by atoms with Crippen molar-refractivity contribution in [2.45, 2.75) is 50.6 Å². The summed E-state index contributed by atoms with van der Waals surface area (Å²) >= 11 is 0. The number of fused-ring (bicyclic) bond motifs is 1. The zero-order valence-electron chi connectivity index (χ0n) is 10.2. The van der Waals surface area contributed by atoms with Crippen LogP contribution >= 0.6 is 0 Å². The fourth-order valence-electron chi connectivity index (χ4n) is 2.88. The minimum atomic E-state index is -0.233. The summed E-state index contributed by atoms with van der Waals surface area (Å²) in [4.78, 5) is 24.2. The first kappa shape index (κ1) is 12.4. The number of rotatable bonds is 6. The Morgan fingerprint density at radius 3 is 3.06 bits per heavy atom. The predicted molar refractivity (Wildman–Crippen MR) is 64.2 cm³/mol. The van der Waals surface area contributed by atoms with Gasteiger partial charge in [-0.1, -0.05) is 0 Å². The van der Waals surface area contributed by atoms with E-state index < -0.39 is 0 Å². The average molecular weight is 239 g/mol. The molecule has 0 aliphatic carbocycles. The highest BCUT2D eigenvalue weighted by Crippen LogP contribution is 2.28. The Hall–Kier alpha value is -1.10. The molecule has 2 unspecified atom stereocenters. The first-order valence-electron chi connectivity index (χ1n) is 6.49. The van der Waals surface area contributed by atoms with Gasteiger partial charge in [0.1, 0.15) is 0 Å². The Morgan fingerprint density at radius 2 is 2.29 bits per heavy atom. The van der Waals surface area contributed by atoms with Crippen LogP contribution in [0.15, 0.2) is 0 Å². The van der Waals surface area contributed by atoms with Gasteiger partial charge in [-0.25, -0.2) is 0 Å². The molecule has 2 rings (SSSR count). The molecular formula is C12H21N3O2. The van der Waals surface area contributed by atoms with E-state index in [1.54, 1.807) is 0 Å². The van der Waals surface area contributed by atoms with Crippen molar-refractivity contribution in [2.75, 3.05) is 13.1 Å². The smallest absolute Gasteiger partial charge is 0.224 e. The van der Waals surface area contributed by atoms with Crippen LogP contribution in [0, 0.1) is 0 Å². The first-order chi connectivity index (χ1) is 8.18. The minimum Gasteiger partial charge on any atom is -0.370 e. The van der Waals surface area contributed by atoms with Gasteiger partial charge in [-0.3, -0.25) is 9.59 Å². The lowest BCUT2D eigenvalue weighted by molar-refractivity contribution is -0.127. The molecule has 0 aromatic heterocycles. The van der Waals surface area contributed by atoms with E-state index >= 15 is 0 Å². The minimum absolute atomic E-state index is 0.233. The van der Waals surface area contributed by atoms with Crippen molar-refractivity contribution in [1.82, 2.24) is 10.2 Å². The zero-order valence-corrected chi connectivity index (χ0v) is 10.2. The number of nitrogens with one attached hydrogen (secondary N) is 1. The van der Waals surface area contributed by atoms with Gasteiger partial charge >= 0.3 is 0 Å². The highest BCUT2D eigenvalue weighted by molar-refractivity contribution is 5.80. The molecule has 2 saturated heterocycles. The van der Waals surface area contributed by atoms with Crippen LogP contribution in [0.2, 0.25) is 0 Å². The van der Waals surface area contributed by atoms with Gasteiger partial charge in [-0.2, -0.15) is 0 Å². The van der Waals surface area contributed by atoms with Gasteiger partial charge < -0.3 is 16.0 Å². The topological polar surface area (TPSA) is 75.4 Å². The van der Waals surface area contributed by atoms with Crippen molar-refractivity contribution in [3.8, 4) is 0 Å². The van der Waals surface area contributed by atoms with Crippen LogP contribution in [0.4, 0.5) is 0 Å². The van der Waals surface area contributed by atoms with Crippen molar-refractivity contribution in [3.63, 3.8) is 0 Å². The van der Waals surface area contributed by atoms with Crippen LogP contribution in [-0.4, -0.2) is 41.9 Å². The molecule has 0 bridgehead atoms. The number of carbonyl (C=O) groups is 2. The number of primary amides is 1. The summed E-state index contributed by atoms with van der Waals surface area (Å²) in [5.41, 5.74) is 5.07. The van der Waals surface area contributed by atoms with Crippen molar-refractivity contribution < 1.29 is 9.59 Å². The fraction of sp³-hybridized carbons (Fsp3) is 0.833. The molecule has 2 amide bonds. The van der Waals surface area contributed by atoms with E-state index in [0.29, 0.717) is 30.8 Å². The third-order valence-electron chi connectivity index (χ3n) is 3.74. The lowest BCUT2D eigenvalue weighted by Crippen LogP contribution is -2.39. The molecule has 0 aromatic rings. The van der Waals surface area contributed by atoms with Gasteiger partial charge in [-0.15, -0.1) is 0 Å². The molecule has 2 fully saturated rings. The molecule has 0 spiro atoms. The Kier molecular flexibility index (Phi) is 3.99. The van der Waals surface area contributed by atoms with Crippen molar-refractivity contribution in [2.24, 2.45) is 5.73 Å². The number of carbonyl (C=O) groups excluding carboxylic acids is 2. The summed E-state index contributed by atoms with van der Waals surface area (Å²) in [5, 5.41) is 3.44. The molecule has 3 N–H and O–H groups in total. The maximum absolute atomic E-state index is 11.7. The normalized spacial score (nSPS) is 27.5. The van der Waals surface area contributed by atoms with E-state index in [1.165, 1.54) is 0 Å². The standard InChI is InChI=1S/C12H21N3O2/c13-11(16)5-1-2-6-14-9-8-12(17)15-7-3-4-10(9)15/h9-10,14H,1-8H2,(H2,13,16). The second-order valence-corrected chi connectivity index (χ2v) is 4.98. The molecule has 2 aliphatic heterocycles. The quantitative estimate of drug-likeness (QED) is 0.640. The lowest BCUT2D eigenvalue weighted by Gasteiger charge is -2.20. The van der Waals surface area contributed by atoms with Gasteiger partial charge in [0.2, 0.25) is 11.8 Å².